The Hall–Kier alpha value is -1.75. The Kier molecular flexibility index (Phi) is 3.93. The number of amides is 1. The van der Waals surface area contributed by atoms with E-state index in [1.165, 1.54) is 13.2 Å². The summed E-state index contributed by atoms with van der Waals surface area (Å²) in [5.41, 5.74) is 0.412. The van der Waals surface area contributed by atoms with Gasteiger partial charge in [0.05, 0.1) is 12.8 Å². The summed E-state index contributed by atoms with van der Waals surface area (Å²) >= 11 is 5.74. The molecule has 1 rings (SSSR count). The fraction of sp³-hybridized carbons (Fsp3) is 0.111. The molecule has 0 aliphatic heterocycles. The Labute approximate surface area is 91.3 Å². The number of carbonyl (C=O) groups excluding carboxylic acids is 1. The zero-order valence-corrected chi connectivity index (χ0v) is 8.65. The predicted molar refractivity (Wildman–Crippen MR) is 56.9 cm³/mol. The third-order valence-electron chi connectivity index (χ3n) is 1.59. The quantitative estimate of drug-likeness (QED) is 0.470. The summed E-state index contributed by atoms with van der Waals surface area (Å²) < 4.78 is 5.00. The van der Waals surface area contributed by atoms with Gasteiger partial charge in [-0.1, -0.05) is 16.8 Å². The van der Waals surface area contributed by atoms with Crippen molar-refractivity contribution in [2.45, 2.75) is 0 Å². The van der Waals surface area contributed by atoms with E-state index >= 15 is 0 Å². The van der Waals surface area contributed by atoms with Gasteiger partial charge >= 0.3 is 0 Å². The summed E-state index contributed by atoms with van der Waals surface area (Å²) in [6.07, 6.45) is 0.736. The molecule has 0 bridgehead atoms. The molecule has 0 aliphatic rings. The number of rotatable bonds is 3. The zero-order valence-electron chi connectivity index (χ0n) is 7.90. The summed E-state index contributed by atoms with van der Waals surface area (Å²) in [5, 5.41) is 13.7. The van der Waals surface area contributed by atoms with Crippen LogP contribution in [-0.4, -0.2) is 24.4 Å². The molecule has 0 radical (unpaired) electrons. The second-order valence-electron chi connectivity index (χ2n) is 2.58. The largest absolute Gasteiger partial charge is 0.495 e. The van der Waals surface area contributed by atoms with Crippen LogP contribution in [0.25, 0.3) is 0 Å². The van der Waals surface area contributed by atoms with E-state index in [-0.39, 0.29) is 0 Å². The molecular formula is C9H9ClN2O3. The first-order valence-corrected chi connectivity index (χ1v) is 4.37. The van der Waals surface area contributed by atoms with Crippen LogP contribution in [-0.2, 0) is 4.79 Å². The Morgan fingerprint density at radius 2 is 2.40 bits per heavy atom. The van der Waals surface area contributed by atoms with Gasteiger partial charge in [-0.2, -0.15) is 0 Å². The topological polar surface area (TPSA) is 70.9 Å². The number of hydrogen-bond donors (Lipinski definition) is 2. The first-order valence-electron chi connectivity index (χ1n) is 3.99. The number of halogens is 1. The molecule has 6 heteroatoms. The molecule has 0 heterocycles. The summed E-state index contributed by atoms with van der Waals surface area (Å²) in [4.78, 5) is 11.1. The van der Waals surface area contributed by atoms with Crippen LogP contribution in [0.2, 0.25) is 5.02 Å². The van der Waals surface area contributed by atoms with Crippen molar-refractivity contribution in [3.05, 3.63) is 23.2 Å². The minimum absolute atomic E-state index is 0.412. The summed E-state index contributed by atoms with van der Waals surface area (Å²) in [7, 11) is 1.47. The lowest BCUT2D eigenvalue weighted by atomic mass is 10.3. The molecule has 1 aromatic carbocycles. The molecule has 0 spiro atoms. The Morgan fingerprint density at radius 3 is 3.00 bits per heavy atom. The number of ether oxygens (including phenoxy) is 1. The highest BCUT2D eigenvalue weighted by molar-refractivity contribution is 6.33. The monoisotopic (exact) mass is 228 g/mol. The van der Waals surface area contributed by atoms with Gasteiger partial charge < -0.3 is 15.3 Å². The van der Waals surface area contributed by atoms with Crippen LogP contribution >= 0.6 is 11.6 Å². The van der Waals surface area contributed by atoms with Crippen molar-refractivity contribution in [2.75, 3.05) is 12.4 Å². The molecule has 80 valence electrons. The number of benzene rings is 1. The third kappa shape index (κ3) is 3.14. The smallest absolute Gasteiger partial charge is 0.270 e. The molecule has 0 aromatic heterocycles. The molecule has 0 saturated carbocycles. The number of nitrogens with one attached hydrogen (secondary N) is 1. The first-order chi connectivity index (χ1) is 7.17. The van der Waals surface area contributed by atoms with Crippen molar-refractivity contribution in [1.29, 1.82) is 0 Å². The van der Waals surface area contributed by atoms with Crippen LogP contribution in [0.4, 0.5) is 5.69 Å². The SMILES string of the molecule is COc1ccc(Cl)cc1NC(=O)/C=N\O. The van der Waals surface area contributed by atoms with Crippen molar-refractivity contribution in [3.8, 4) is 5.75 Å². The maximum Gasteiger partial charge on any atom is 0.270 e. The van der Waals surface area contributed by atoms with Gasteiger partial charge in [-0.3, -0.25) is 4.79 Å². The normalized spacial score (nSPS) is 10.3. The molecule has 5 nitrogen and oxygen atoms in total. The van der Waals surface area contributed by atoms with Gasteiger partial charge in [-0.05, 0) is 18.2 Å². The standard InChI is InChI=1S/C9H9ClN2O3/c1-15-8-3-2-6(10)4-7(8)12-9(13)5-11-14/h2-5,14H,1H3,(H,12,13)/b11-5-. The van der Waals surface area contributed by atoms with Gasteiger partial charge in [0.2, 0.25) is 0 Å². The molecule has 0 aliphatic carbocycles. The van der Waals surface area contributed by atoms with Crippen LogP contribution in [0.1, 0.15) is 0 Å². The van der Waals surface area contributed by atoms with Crippen LogP contribution in [0.3, 0.4) is 0 Å². The number of nitrogens with zero attached hydrogens (tertiary/aromatic N) is 1. The highest BCUT2D eigenvalue weighted by Gasteiger charge is 2.06. The summed E-state index contributed by atoms with van der Waals surface area (Å²) in [6, 6.07) is 4.79. The average molecular weight is 229 g/mol. The van der Waals surface area contributed by atoms with Crippen molar-refractivity contribution >= 4 is 29.4 Å². The van der Waals surface area contributed by atoms with Crippen molar-refractivity contribution in [2.24, 2.45) is 5.16 Å². The minimum atomic E-state index is -0.571. The van der Waals surface area contributed by atoms with Gasteiger partial charge in [0.1, 0.15) is 12.0 Å². The van der Waals surface area contributed by atoms with E-state index < -0.39 is 5.91 Å². The van der Waals surface area contributed by atoms with Crippen molar-refractivity contribution in [3.63, 3.8) is 0 Å². The number of oxime groups is 1. The Morgan fingerprint density at radius 1 is 1.67 bits per heavy atom. The molecule has 1 aromatic rings. The highest BCUT2D eigenvalue weighted by Crippen LogP contribution is 2.27. The lowest BCUT2D eigenvalue weighted by Gasteiger charge is -2.08. The van der Waals surface area contributed by atoms with Crippen LogP contribution in [0.5, 0.6) is 5.75 Å². The number of methoxy groups -OCH3 is 1. The van der Waals surface area contributed by atoms with Gasteiger partial charge in [0.25, 0.3) is 5.91 Å². The lowest BCUT2D eigenvalue weighted by molar-refractivity contribution is -0.110. The van der Waals surface area contributed by atoms with Crippen molar-refractivity contribution < 1.29 is 14.7 Å². The van der Waals surface area contributed by atoms with E-state index in [0.29, 0.717) is 16.5 Å². The minimum Gasteiger partial charge on any atom is -0.495 e. The first kappa shape index (κ1) is 11.3. The number of carbonyl (C=O) groups is 1. The predicted octanol–water partition coefficient (Wildman–Crippen LogP) is 1.75. The van der Waals surface area contributed by atoms with Crippen LogP contribution in [0.15, 0.2) is 23.4 Å². The zero-order chi connectivity index (χ0) is 11.3. The van der Waals surface area contributed by atoms with E-state index in [2.05, 4.69) is 10.5 Å². The molecule has 15 heavy (non-hydrogen) atoms. The second kappa shape index (κ2) is 5.21. The fourth-order valence-corrected chi connectivity index (χ4v) is 1.17. The molecule has 0 saturated heterocycles. The van der Waals surface area contributed by atoms with Crippen molar-refractivity contribution in [1.82, 2.24) is 0 Å². The summed E-state index contributed by atoms with van der Waals surface area (Å²) in [5.74, 6) is -0.0999. The van der Waals surface area contributed by atoms with Gasteiger partial charge in [-0.15, -0.1) is 0 Å². The Balaban J connectivity index is 2.91. The molecule has 1 amide bonds. The maximum atomic E-state index is 11.1. The molecule has 0 unspecified atom stereocenters. The van der Waals surface area contributed by atoms with Crippen LogP contribution in [0, 0.1) is 0 Å². The van der Waals surface area contributed by atoms with E-state index in [1.54, 1.807) is 12.1 Å². The van der Waals surface area contributed by atoms with E-state index in [1.807, 2.05) is 0 Å². The van der Waals surface area contributed by atoms with Gasteiger partial charge in [0, 0.05) is 5.02 Å². The molecule has 0 atom stereocenters. The van der Waals surface area contributed by atoms with E-state index in [0.717, 1.165) is 6.21 Å². The van der Waals surface area contributed by atoms with Gasteiger partial charge in [0.15, 0.2) is 0 Å². The number of hydrogen-bond acceptors (Lipinski definition) is 4. The second-order valence-corrected chi connectivity index (χ2v) is 3.01. The summed E-state index contributed by atoms with van der Waals surface area (Å²) in [6.45, 7) is 0. The Bertz CT molecular complexity index is 393. The highest BCUT2D eigenvalue weighted by atomic mass is 35.5. The van der Waals surface area contributed by atoms with Crippen LogP contribution < -0.4 is 10.1 Å². The average Bonchev–Trinajstić information content (AvgIpc) is 2.18. The van der Waals surface area contributed by atoms with Gasteiger partial charge in [-0.25, -0.2) is 0 Å². The number of anilines is 1. The third-order valence-corrected chi connectivity index (χ3v) is 1.83. The molecule has 2 N–H and O–H groups in total. The molecule has 0 fully saturated rings. The lowest BCUT2D eigenvalue weighted by Crippen LogP contribution is -2.13. The maximum absolute atomic E-state index is 11.1. The molecular weight excluding hydrogens is 220 g/mol. The van der Waals surface area contributed by atoms with E-state index in [9.17, 15) is 4.79 Å². The van der Waals surface area contributed by atoms with E-state index in [4.69, 9.17) is 21.5 Å². The fourth-order valence-electron chi connectivity index (χ4n) is 0.995.